The summed E-state index contributed by atoms with van der Waals surface area (Å²) < 4.78 is 10.2. The van der Waals surface area contributed by atoms with Crippen molar-refractivity contribution in [3.05, 3.63) is 0 Å². The summed E-state index contributed by atoms with van der Waals surface area (Å²) in [6.45, 7) is 8.91. The van der Waals surface area contributed by atoms with Gasteiger partial charge in [-0.25, -0.2) is 0 Å². The summed E-state index contributed by atoms with van der Waals surface area (Å²) in [5, 5.41) is 9.26. The molecule has 0 bridgehead atoms. The van der Waals surface area contributed by atoms with Gasteiger partial charge in [0.05, 0.1) is 25.0 Å². The number of aliphatic carboxylic acids is 1. The highest BCUT2D eigenvalue weighted by atomic mass is 32.2. The van der Waals surface area contributed by atoms with Crippen LogP contribution in [0.4, 0.5) is 0 Å². The molecule has 7 heteroatoms. The van der Waals surface area contributed by atoms with Gasteiger partial charge in [0, 0.05) is 0 Å². The van der Waals surface area contributed by atoms with E-state index < -0.39 is 22.6 Å². The van der Waals surface area contributed by atoms with E-state index in [1.807, 2.05) is 13.2 Å². The third-order valence-electron chi connectivity index (χ3n) is 5.40. The lowest BCUT2D eigenvalue weighted by atomic mass is 9.79. The van der Waals surface area contributed by atoms with E-state index in [0.717, 1.165) is 25.7 Å². The lowest BCUT2D eigenvalue weighted by Crippen LogP contribution is -2.37. The molecule has 168 valence electrons. The minimum absolute atomic E-state index is 0.0403. The van der Waals surface area contributed by atoms with Crippen LogP contribution in [0.2, 0.25) is 0 Å². The van der Waals surface area contributed by atoms with Crippen LogP contribution in [0.25, 0.3) is 0 Å². The molecule has 29 heavy (non-hydrogen) atoms. The van der Waals surface area contributed by atoms with Crippen molar-refractivity contribution in [2.45, 2.75) is 83.8 Å². The molecule has 0 amide bonds. The minimum atomic E-state index is -0.905. The van der Waals surface area contributed by atoms with E-state index in [4.69, 9.17) is 9.47 Å². The fourth-order valence-electron chi connectivity index (χ4n) is 3.93. The first-order valence-corrected chi connectivity index (χ1v) is 11.8. The van der Waals surface area contributed by atoms with Crippen molar-refractivity contribution in [3.63, 3.8) is 0 Å². The van der Waals surface area contributed by atoms with Gasteiger partial charge >= 0.3 is 17.9 Å². The number of ether oxygens (including phenoxy) is 2. The van der Waals surface area contributed by atoms with E-state index in [2.05, 4.69) is 20.8 Å². The number of thioether (sulfide) groups is 1. The molecular weight excluding hydrogens is 392 g/mol. The highest BCUT2D eigenvalue weighted by Crippen LogP contribution is 2.37. The average Bonchev–Trinajstić information content (AvgIpc) is 2.65. The van der Waals surface area contributed by atoms with Gasteiger partial charge in [0.25, 0.3) is 0 Å². The second-order valence-corrected chi connectivity index (χ2v) is 10.7. The topological polar surface area (TPSA) is 89.9 Å². The summed E-state index contributed by atoms with van der Waals surface area (Å²) in [4.78, 5) is 35.9. The van der Waals surface area contributed by atoms with Crippen molar-refractivity contribution < 1.29 is 29.0 Å². The van der Waals surface area contributed by atoms with E-state index in [1.165, 1.54) is 11.8 Å². The van der Waals surface area contributed by atoms with Crippen LogP contribution in [0.1, 0.15) is 79.1 Å². The molecule has 3 atom stereocenters. The largest absolute Gasteiger partial charge is 0.481 e. The molecule has 1 aliphatic carbocycles. The van der Waals surface area contributed by atoms with Crippen molar-refractivity contribution in [3.8, 4) is 0 Å². The lowest BCUT2D eigenvalue weighted by molar-refractivity contribution is -0.159. The van der Waals surface area contributed by atoms with Gasteiger partial charge in [-0.15, -0.1) is 11.8 Å². The van der Waals surface area contributed by atoms with Gasteiger partial charge in [0.15, 0.2) is 0 Å². The Labute approximate surface area is 179 Å². The molecule has 0 aliphatic heterocycles. The quantitative estimate of drug-likeness (QED) is 0.375. The predicted molar refractivity (Wildman–Crippen MR) is 115 cm³/mol. The van der Waals surface area contributed by atoms with Crippen molar-refractivity contribution >= 4 is 29.7 Å². The third-order valence-corrected chi connectivity index (χ3v) is 6.61. The van der Waals surface area contributed by atoms with Crippen LogP contribution < -0.4 is 0 Å². The molecular formula is C22H38O6S. The normalized spacial score (nSPS) is 21.8. The molecule has 0 heterocycles. The zero-order valence-electron chi connectivity index (χ0n) is 18.6. The Morgan fingerprint density at radius 1 is 0.931 bits per heavy atom. The van der Waals surface area contributed by atoms with Gasteiger partial charge in [-0.05, 0) is 57.1 Å². The zero-order chi connectivity index (χ0) is 22.1. The summed E-state index contributed by atoms with van der Waals surface area (Å²) >= 11 is 1.52. The third kappa shape index (κ3) is 8.97. The first-order chi connectivity index (χ1) is 13.5. The van der Waals surface area contributed by atoms with Gasteiger partial charge in [-0.3, -0.25) is 14.4 Å². The lowest BCUT2D eigenvalue weighted by Gasteiger charge is -2.32. The Balaban J connectivity index is 2.24. The van der Waals surface area contributed by atoms with E-state index >= 15 is 0 Å². The molecule has 1 rings (SSSR count). The summed E-state index contributed by atoms with van der Waals surface area (Å²) in [7, 11) is 0. The highest BCUT2D eigenvalue weighted by Gasteiger charge is 2.38. The van der Waals surface area contributed by atoms with E-state index in [-0.39, 0.29) is 24.0 Å². The zero-order valence-corrected chi connectivity index (χ0v) is 19.4. The molecule has 1 aliphatic rings. The maximum Gasteiger partial charge on any atom is 0.321 e. The van der Waals surface area contributed by atoms with Crippen LogP contribution in [-0.4, -0.2) is 47.2 Å². The molecule has 0 radical (unpaired) electrons. The number of hydrogen-bond donors (Lipinski definition) is 1. The first-order valence-electron chi connectivity index (χ1n) is 10.6. The molecule has 1 N–H and O–H groups in total. The Morgan fingerprint density at radius 3 is 2.00 bits per heavy atom. The molecule has 0 aromatic rings. The van der Waals surface area contributed by atoms with Crippen LogP contribution in [0.3, 0.4) is 0 Å². The number of carbonyl (C=O) groups is 3. The number of hydrogen-bond acceptors (Lipinski definition) is 6. The summed E-state index contributed by atoms with van der Waals surface area (Å²) in [6.07, 6.45) is 7.71. The molecule has 1 fully saturated rings. The maximum absolute atomic E-state index is 12.5. The molecule has 0 aromatic heterocycles. The number of esters is 2. The highest BCUT2D eigenvalue weighted by molar-refractivity contribution is 8.00. The van der Waals surface area contributed by atoms with Crippen LogP contribution in [0, 0.1) is 17.3 Å². The molecule has 6 nitrogen and oxygen atoms in total. The van der Waals surface area contributed by atoms with Crippen LogP contribution in [0.5, 0.6) is 0 Å². The average molecular weight is 431 g/mol. The van der Waals surface area contributed by atoms with Crippen LogP contribution in [-0.2, 0) is 23.9 Å². The molecule has 0 aromatic carbocycles. The Kier molecular flexibility index (Phi) is 10.5. The molecule has 1 saturated carbocycles. The maximum atomic E-state index is 12.5. The van der Waals surface area contributed by atoms with Gasteiger partial charge in [-0.2, -0.15) is 0 Å². The second kappa shape index (κ2) is 11.8. The second-order valence-electron chi connectivity index (χ2n) is 9.37. The number of carboxylic acids is 1. The standard InChI is InChI=1S/C22H38O6S/c1-21(2,3)15-22(4,29-5)20(26)28-14-10-6-9-13-27-19(25)17-12-8-7-11-16(17)18(23)24/h16-17H,6-15H2,1-5H3,(H,23,24). The summed E-state index contributed by atoms with van der Waals surface area (Å²) in [5.41, 5.74) is 0.0403. The van der Waals surface area contributed by atoms with Crippen molar-refractivity contribution in [2.24, 2.45) is 17.3 Å². The van der Waals surface area contributed by atoms with Gasteiger partial charge in [-0.1, -0.05) is 33.6 Å². The van der Waals surface area contributed by atoms with Crippen molar-refractivity contribution in [1.29, 1.82) is 0 Å². The number of unbranched alkanes of at least 4 members (excludes halogenated alkanes) is 2. The SMILES string of the molecule is CSC(C)(CC(C)(C)C)C(=O)OCCCCCOC(=O)C1CCCCC1C(=O)O. The predicted octanol–water partition coefficient (Wildman–Crippen LogP) is 4.69. The fourth-order valence-corrected chi connectivity index (χ4v) is 4.73. The number of carboxylic acid groups (broad SMARTS) is 1. The number of carbonyl (C=O) groups excluding carboxylic acids is 2. The number of rotatable bonds is 11. The van der Waals surface area contributed by atoms with E-state index in [9.17, 15) is 19.5 Å². The molecule has 0 spiro atoms. The Hall–Kier alpha value is -1.24. The Morgan fingerprint density at radius 2 is 1.48 bits per heavy atom. The smallest absolute Gasteiger partial charge is 0.321 e. The van der Waals surface area contributed by atoms with Crippen molar-refractivity contribution in [1.82, 2.24) is 0 Å². The fraction of sp³-hybridized carbons (Fsp3) is 0.864. The van der Waals surface area contributed by atoms with Gasteiger partial charge < -0.3 is 14.6 Å². The first kappa shape index (κ1) is 25.8. The monoisotopic (exact) mass is 430 g/mol. The van der Waals surface area contributed by atoms with Gasteiger partial charge in [0.1, 0.15) is 4.75 Å². The summed E-state index contributed by atoms with van der Waals surface area (Å²) in [5.74, 6) is -2.61. The van der Waals surface area contributed by atoms with Crippen LogP contribution >= 0.6 is 11.8 Å². The van der Waals surface area contributed by atoms with Crippen LogP contribution in [0.15, 0.2) is 0 Å². The van der Waals surface area contributed by atoms with E-state index in [0.29, 0.717) is 32.3 Å². The van der Waals surface area contributed by atoms with Crippen molar-refractivity contribution in [2.75, 3.05) is 19.5 Å². The minimum Gasteiger partial charge on any atom is -0.481 e. The molecule has 0 saturated heterocycles. The molecule has 3 unspecified atom stereocenters. The van der Waals surface area contributed by atoms with Gasteiger partial charge in [0.2, 0.25) is 0 Å². The summed E-state index contributed by atoms with van der Waals surface area (Å²) in [6, 6.07) is 0. The Bertz CT molecular complexity index is 556. The van der Waals surface area contributed by atoms with E-state index in [1.54, 1.807) is 0 Å².